The monoisotopic (exact) mass is 392 g/mol. The second kappa shape index (κ2) is 9.20. The van der Waals surface area contributed by atoms with Gasteiger partial charge in [-0.3, -0.25) is 15.6 Å². The molecule has 0 saturated heterocycles. The smallest absolute Gasteiger partial charge is 0.315 e. The molecule has 0 heterocycles. The van der Waals surface area contributed by atoms with Gasteiger partial charge >= 0.3 is 6.03 Å². The molecule has 1 aromatic rings. The standard InChI is InChI=1S/C15H19Cl3N4O2/c16-9-6-11(17)14(12(18)7-9)22-21-13(23)8-19-15(24)20-10-4-2-1-3-5-10/h6-7,10,22H,1-5,8H2,(H,21,23)(H2,19,20,24). The Labute approximate surface area is 155 Å². The van der Waals surface area contributed by atoms with E-state index in [4.69, 9.17) is 34.8 Å². The number of carbonyl (C=O) groups is 2. The van der Waals surface area contributed by atoms with E-state index in [1.54, 1.807) is 0 Å². The summed E-state index contributed by atoms with van der Waals surface area (Å²) in [5.41, 5.74) is 5.37. The summed E-state index contributed by atoms with van der Waals surface area (Å²) in [7, 11) is 0. The molecule has 3 amide bonds. The second-order valence-corrected chi connectivity index (χ2v) is 6.83. The number of hydrogen-bond donors (Lipinski definition) is 4. The molecule has 0 aromatic heterocycles. The third-order valence-electron chi connectivity index (χ3n) is 3.68. The van der Waals surface area contributed by atoms with Crippen molar-refractivity contribution in [3.63, 3.8) is 0 Å². The fourth-order valence-corrected chi connectivity index (χ4v) is 3.39. The first kappa shape index (κ1) is 19.0. The van der Waals surface area contributed by atoms with Gasteiger partial charge in [0.1, 0.15) is 6.54 Å². The number of rotatable bonds is 5. The van der Waals surface area contributed by atoms with Gasteiger partial charge in [0.2, 0.25) is 0 Å². The van der Waals surface area contributed by atoms with Gasteiger partial charge in [0.25, 0.3) is 5.91 Å². The van der Waals surface area contributed by atoms with Crippen LogP contribution < -0.4 is 21.5 Å². The molecule has 1 saturated carbocycles. The molecule has 0 unspecified atom stereocenters. The molecule has 0 radical (unpaired) electrons. The Morgan fingerprint density at radius 3 is 2.29 bits per heavy atom. The Hall–Kier alpha value is -1.37. The van der Waals surface area contributed by atoms with E-state index in [1.807, 2.05) is 0 Å². The number of benzene rings is 1. The third-order valence-corrected chi connectivity index (χ3v) is 4.50. The SMILES string of the molecule is O=C(CNC(=O)NC1CCCCC1)NNc1c(Cl)cc(Cl)cc1Cl. The van der Waals surface area contributed by atoms with Crippen molar-refractivity contribution >= 4 is 52.4 Å². The summed E-state index contributed by atoms with van der Waals surface area (Å²) < 4.78 is 0. The minimum Gasteiger partial charge on any atom is -0.335 e. The summed E-state index contributed by atoms with van der Waals surface area (Å²) >= 11 is 17.8. The number of anilines is 1. The number of hydrazine groups is 1. The molecule has 0 spiro atoms. The van der Waals surface area contributed by atoms with E-state index in [2.05, 4.69) is 21.5 Å². The van der Waals surface area contributed by atoms with E-state index in [1.165, 1.54) is 18.6 Å². The van der Waals surface area contributed by atoms with Crippen LogP contribution in [0.15, 0.2) is 12.1 Å². The molecule has 0 aliphatic heterocycles. The van der Waals surface area contributed by atoms with Gasteiger partial charge in [-0.25, -0.2) is 4.79 Å². The molecule has 132 valence electrons. The highest BCUT2D eigenvalue weighted by atomic mass is 35.5. The van der Waals surface area contributed by atoms with Gasteiger partial charge in [0.15, 0.2) is 0 Å². The van der Waals surface area contributed by atoms with Gasteiger partial charge in [0, 0.05) is 11.1 Å². The fraction of sp³-hybridized carbons (Fsp3) is 0.467. The number of carbonyl (C=O) groups excluding carboxylic acids is 2. The van der Waals surface area contributed by atoms with Crippen molar-refractivity contribution in [1.82, 2.24) is 16.1 Å². The molecule has 1 fully saturated rings. The maximum Gasteiger partial charge on any atom is 0.315 e. The van der Waals surface area contributed by atoms with Gasteiger partial charge in [-0.2, -0.15) is 0 Å². The molecule has 1 aliphatic carbocycles. The van der Waals surface area contributed by atoms with E-state index in [0.717, 1.165) is 25.7 Å². The maximum absolute atomic E-state index is 11.8. The maximum atomic E-state index is 11.8. The molecule has 9 heteroatoms. The number of amides is 3. The lowest BCUT2D eigenvalue weighted by Crippen LogP contribution is -2.47. The molecule has 4 N–H and O–H groups in total. The summed E-state index contributed by atoms with van der Waals surface area (Å²) in [5, 5.41) is 6.32. The number of halogens is 3. The van der Waals surface area contributed by atoms with Crippen LogP contribution in [0.2, 0.25) is 15.1 Å². The van der Waals surface area contributed by atoms with E-state index in [-0.39, 0.29) is 28.7 Å². The summed E-state index contributed by atoms with van der Waals surface area (Å²) in [6, 6.07) is 2.84. The fourth-order valence-electron chi connectivity index (χ4n) is 2.48. The summed E-state index contributed by atoms with van der Waals surface area (Å²) in [6.45, 7) is -0.172. The molecule has 0 bridgehead atoms. The molecule has 6 nitrogen and oxygen atoms in total. The van der Waals surface area contributed by atoms with Gasteiger partial charge in [-0.1, -0.05) is 54.1 Å². The number of nitrogens with one attached hydrogen (secondary N) is 4. The minimum atomic E-state index is -0.434. The lowest BCUT2D eigenvalue weighted by molar-refractivity contribution is -0.119. The van der Waals surface area contributed by atoms with Crippen LogP contribution in [-0.4, -0.2) is 24.5 Å². The molecule has 0 atom stereocenters. The van der Waals surface area contributed by atoms with E-state index in [9.17, 15) is 9.59 Å². The predicted molar refractivity (Wildman–Crippen MR) is 96.6 cm³/mol. The normalized spacial score (nSPS) is 14.8. The van der Waals surface area contributed by atoms with Crippen molar-refractivity contribution in [3.05, 3.63) is 27.2 Å². The topological polar surface area (TPSA) is 82.3 Å². The summed E-state index contributed by atoms with van der Waals surface area (Å²) in [6.07, 6.45) is 5.42. The van der Waals surface area contributed by atoms with Crippen LogP contribution in [0.5, 0.6) is 0 Å². The van der Waals surface area contributed by atoms with Crippen molar-refractivity contribution in [2.24, 2.45) is 0 Å². The average Bonchev–Trinajstić information content (AvgIpc) is 2.53. The molecule has 2 rings (SSSR count). The first-order valence-corrected chi connectivity index (χ1v) is 8.83. The Morgan fingerprint density at radius 1 is 1.04 bits per heavy atom. The van der Waals surface area contributed by atoms with Crippen molar-refractivity contribution in [3.8, 4) is 0 Å². The Kier molecular flexibility index (Phi) is 7.27. The average molecular weight is 394 g/mol. The Balaban J connectivity index is 1.72. The van der Waals surface area contributed by atoms with Crippen LogP contribution in [0.25, 0.3) is 0 Å². The molecule has 1 aliphatic rings. The first-order valence-electron chi connectivity index (χ1n) is 7.69. The largest absolute Gasteiger partial charge is 0.335 e. The van der Waals surface area contributed by atoms with Crippen molar-refractivity contribution in [2.45, 2.75) is 38.1 Å². The van der Waals surface area contributed by atoms with Crippen molar-refractivity contribution in [2.75, 3.05) is 12.0 Å². The van der Waals surface area contributed by atoms with Crippen LogP contribution in [0.4, 0.5) is 10.5 Å². The molecular weight excluding hydrogens is 375 g/mol. The van der Waals surface area contributed by atoms with Crippen LogP contribution in [0.1, 0.15) is 32.1 Å². The Bertz CT molecular complexity index is 583. The lowest BCUT2D eigenvalue weighted by atomic mass is 9.96. The van der Waals surface area contributed by atoms with Crippen LogP contribution in [-0.2, 0) is 4.79 Å². The van der Waals surface area contributed by atoms with Crippen LogP contribution >= 0.6 is 34.8 Å². The third kappa shape index (κ3) is 5.92. The van der Waals surface area contributed by atoms with Crippen molar-refractivity contribution < 1.29 is 9.59 Å². The van der Waals surface area contributed by atoms with Gasteiger partial charge in [0.05, 0.1) is 15.7 Å². The summed E-state index contributed by atoms with van der Waals surface area (Å²) in [4.78, 5) is 23.5. The highest BCUT2D eigenvalue weighted by Crippen LogP contribution is 2.32. The summed E-state index contributed by atoms with van der Waals surface area (Å²) in [5.74, 6) is -0.434. The highest BCUT2D eigenvalue weighted by Gasteiger charge is 2.16. The lowest BCUT2D eigenvalue weighted by Gasteiger charge is -2.22. The van der Waals surface area contributed by atoms with Crippen molar-refractivity contribution in [1.29, 1.82) is 0 Å². The van der Waals surface area contributed by atoms with Crippen LogP contribution in [0, 0.1) is 0 Å². The predicted octanol–water partition coefficient (Wildman–Crippen LogP) is 3.72. The van der Waals surface area contributed by atoms with Gasteiger partial charge in [-0.05, 0) is 25.0 Å². The minimum absolute atomic E-state index is 0.172. The molecule has 1 aromatic carbocycles. The second-order valence-electron chi connectivity index (χ2n) is 5.58. The zero-order valence-electron chi connectivity index (χ0n) is 12.9. The van der Waals surface area contributed by atoms with E-state index < -0.39 is 5.91 Å². The first-order chi connectivity index (χ1) is 11.5. The molecule has 24 heavy (non-hydrogen) atoms. The van der Waals surface area contributed by atoms with E-state index >= 15 is 0 Å². The number of hydrogen-bond acceptors (Lipinski definition) is 3. The zero-order valence-corrected chi connectivity index (χ0v) is 15.2. The van der Waals surface area contributed by atoms with E-state index in [0.29, 0.717) is 10.7 Å². The Morgan fingerprint density at radius 2 is 1.67 bits per heavy atom. The van der Waals surface area contributed by atoms with Gasteiger partial charge < -0.3 is 10.6 Å². The quantitative estimate of drug-likeness (QED) is 0.575. The zero-order chi connectivity index (χ0) is 17.5. The highest BCUT2D eigenvalue weighted by molar-refractivity contribution is 6.41. The number of urea groups is 1. The van der Waals surface area contributed by atoms with Crippen LogP contribution in [0.3, 0.4) is 0 Å². The van der Waals surface area contributed by atoms with Gasteiger partial charge in [-0.15, -0.1) is 0 Å². The molecular formula is C15H19Cl3N4O2.